The molecule has 1 atom stereocenters. The molecule has 0 aromatic heterocycles. The molecule has 0 bridgehead atoms. The predicted octanol–water partition coefficient (Wildman–Crippen LogP) is 1.48. The zero-order chi connectivity index (χ0) is 13.7. The fourth-order valence-corrected chi connectivity index (χ4v) is 1.43. The molecule has 6 nitrogen and oxygen atoms in total. The molecular weight excluding hydrogens is 240 g/mol. The van der Waals surface area contributed by atoms with E-state index in [0.717, 1.165) is 12.1 Å². The fourth-order valence-electron chi connectivity index (χ4n) is 1.43. The number of carbonyl (C=O) groups is 3. The smallest absolute Gasteiger partial charge is 0.336 e. The van der Waals surface area contributed by atoms with Gasteiger partial charge in [-0.1, -0.05) is 12.6 Å². The summed E-state index contributed by atoms with van der Waals surface area (Å²) in [6.45, 7) is 3.65. The molecule has 6 heteroatoms. The first-order valence-electron chi connectivity index (χ1n) is 4.83. The number of ether oxygens (including phenoxy) is 1. The van der Waals surface area contributed by atoms with Crippen LogP contribution in [0.1, 0.15) is 32.4 Å². The highest BCUT2D eigenvalue weighted by Crippen LogP contribution is 2.21. The zero-order valence-corrected chi connectivity index (χ0v) is 9.20. The van der Waals surface area contributed by atoms with Crippen LogP contribution in [-0.4, -0.2) is 28.6 Å². The molecule has 0 amide bonds. The number of carbonyl (C=O) groups excluding carboxylic acids is 1. The molecule has 0 radical (unpaired) electrons. The molecule has 1 rings (SSSR count). The lowest BCUT2D eigenvalue weighted by Crippen LogP contribution is -2.10. The minimum absolute atomic E-state index is 0.206. The van der Waals surface area contributed by atoms with E-state index in [0.29, 0.717) is 5.56 Å². The third-order valence-corrected chi connectivity index (χ3v) is 2.25. The molecule has 0 aliphatic heterocycles. The Bertz CT molecular complexity index is 505. The van der Waals surface area contributed by atoms with Gasteiger partial charge in [0.05, 0.1) is 11.1 Å². The summed E-state index contributed by atoms with van der Waals surface area (Å²) < 4.78 is 4.67. The Labute approximate surface area is 102 Å². The standard InChI is InChI=1S/C12H10O6/c1-2-10(18-6-13)7-3-4-8(11(14)15)9(5-7)12(16)17/h2-6,10H,1H2,(H,14,15)(H,16,17). The van der Waals surface area contributed by atoms with Crippen LogP contribution < -0.4 is 0 Å². The van der Waals surface area contributed by atoms with Crippen LogP contribution in [0.15, 0.2) is 30.9 Å². The van der Waals surface area contributed by atoms with Crippen LogP contribution >= 0.6 is 0 Å². The lowest BCUT2D eigenvalue weighted by molar-refractivity contribution is -0.131. The quantitative estimate of drug-likeness (QED) is 0.585. The summed E-state index contributed by atoms with van der Waals surface area (Å²) in [7, 11) is 0. The summed E-state index contributed by atoms with van der Waals surface area (Å²) in [6, 6.07) is 3.65. The van der Waals surface area contributed by atoms with Gasteiger partial charge in [0.1, 0.15) is 6.10 Å². The van der Waals surface area contributed by atoms with Crippen molar-refractivity contribution >= 4 is 18.4 Å². The van der Waals surface area contributed by atoms with Gasteiger partial charge in [-0.25, -0.2) is 9.59 Å². The van der Waals surface area contributed by atoms with E-state index in [-0.39, 0.29) is 17.6 Å². The first-order chi connectivity index (χ1) is 8.51. The van der Waals surface area contributed by atoms with Crippen molar-refractivity contribution in [3.05, 3.63) is 47.5 Å². The molecule has 0 saturated carbocycles. The zero-order valence-electron chi connectivity index (χ0n) is 9.20. The van der Waals surface area contributed by atoms with E-state index in [1.807, 2.05) is 0 Å². The SMILES string of the molecule is C=CC(OC=O)c1ccc(C(=O)O)c(C(=O)O)c1. The van der Waals surface area contributed by atoms with E-state index in [2.05, 4.69) is 11.3 Å². The van der Waals surface area contributed by atoms with Gasteiger partial charge >= 0.3 is 11.9 Å². The molecule has 1 aromatic rings. The Balaban J connectivity index is 3.29. The Morgan fingerprint density at radius 1 is 1.22 bits per heavy atom. The minimum atomic E-state index is -1.37. The summed E-state index contributed by atoms with van der Waals surface area (Å²) in [5.41, 5.74) is -0.374. The first kappa shape index (κ1) is 13.4. The number of hydrogen-bond donors (Lipinski definition) is 2. The summed E-state index contributed by atoms with van der Waals surface area (Å²) in [5.74, 6) is -2.71. The van der Waals surface area contributed by atoms with E-state index in [1.165, 1.54) is 12.1 Å². The van der Waals surface area contributed by atoms with Gasteiger partial charge in [-0.3, -0.25) is 4.79 Å². The monoisotopic (exact) mass is 250 g/mol. The summed E-state index contributed by atoms with van der Waals surface area (Å²) in [4.78, 5) is 32.0. The van der Waals surface area contributed by atoms with Gasteiger partial charge in [-0.05, 0) is 23.8 Å². The van der Waals surface area contributed by atoms with Crippen molar-refractivity contribution in [3.63, 3.8) is 0 Å². The highest BCUT2D eigenvalue weighted by atomic mass is 16.5. The van der Waals surface area contributed by atoms with Crippen LogP contribution in [-0.2, 0) is 9.53 Å². The molecule has 0 aliphatic carbocycles. The van der Waals surface area contributed by atoms with Gasteiger partial charge in [0.2, 0.25) is 0 Å². The van der Waals surface area contributed by atoms with E-state index < -0.39 is 18.0 Å². The number of aromatic carboxylic acids is 2. The minimum Gasteiger partial charge on any atom is -0.478 e. The van der Waals surface area contributed by atoms with E-state index >= 15 is 0 Å². The van der Waals surface area contributed by atoms with Crippen LogP contribution in [0.2, 0.25) is 0 Å². The van der Waals surface area contributed by atoms with Crippen LogP contribution in [0.4, 0.5) is 0 Å². The average Bonchev–Trinajstić information content (AvgIpc) is 2.35. The summed E-state index contributed by atoms with van der Waals surface area (Å²) in [5, 5.41) is 17.8. The lowest BCUT2D eigenvalue weighted by Gasteiger charge is -2.12. The van der Waals surface area contributed by atoms with Crippen LogP contribution in [0.25, 0.3) is 0 Å². The molecule has 94 valence electrons. The maximum absolute atomic E-state index is 10.9. The number of hydrogen-bond acceptors (Lipinski definition) is 4. The molecule has 0 heterocycles. The highest BCUT2D eigenvalue weighted by molar-refractivity contribution is 6.01. The molecule has 18 heavy (non-hydrogen) atoms. The molecule has 1 unspecified atom stereocenters. The van der Waals surface area contributed by atoms with Crippen molar-refractivity contribution in [2.45, 2.75) is 6.10 Å². The van der Waals surface area contributed by atoms with Crippen molar-refractivity contribution in [3.8, 4) is 0 Å². The van der Waals surface area contributed by atoms with Crippen molar-refractivity contribution in [1.82, 2.24) is 0 Å². The number of carboxylic acids is 2. The Morgan fingerprint density at radius 3 is 2.28 bits per heavy atom. The van der Waals surface area contributed by atoms with Crippen LogP contribution in [0.5, 0.6) is 0 Å². The molecule has 0 aliphatic rings. The Morgan fingerprint density at radius 2 is 1.83 bits per heavy atom. The number of rotatable bonds is 6. The van der Waals surface area contributed by atoms with Crippen LogP contribution in [0.3, 0.4) is 0 Å². The van der Waals surface area contributed by atoms with Gasteiger partial charge in [0.25, 0.3) is 6.47 Å². The Hall–Kier alpha value is -2.63. The van der Waals surface area contributed by atoms with E-state index in [4.69, 9.17) is 10.2 Å². The molecular formula is C12H10O6. The molecule has 1 aromatic carbocycles. The fraction of sp³-hybridized carbons (Fsp3) is 0.0833. The van der Waals surface area contributed by atoms with Gasteiger partial charge in [-0.15, -0.1) is 0 Å². The number of benzene rings is 1. The maximum atomic E-state index is 10.9. The predicted molar refractivity (Wildman–Crippen MR) is 60.4 cm³/mol. The normalized spacial score (nSPS) is 11.3. The second kappa shape index (κ2) is 5.62. The maximum Gasteiger partial charge on any atom is 0.336 e. The van der Waals surface area contributed by atoms with Crippen molar-refractivity contribution in [2.24, 2.45) is 0 Å². The van der Waals surface area contributed by atoms with Gasteiger partial charge < -0.3 is 14.9 Å². The van der Waals surface area contributed by atoms with E-state index in [9.17, 15) is 14.4 Å². The van der Waals surface area contributed by atoms with E-state index in [1.54, 1.807) is 0 Å². The second-order valence-electron chi connectivity index (χ2n) is 3.30. The summed E-state index contributed by atoms with van der Waals surface area (Å²) >= 11 is 0. The third kappa shape index (κ3) is 2.73. The van der Waals surface area contributed by atoms with Crippen molar-refractivity contribution < 1.29 is 29.3 Å². The van der Waals surface area contributed by atoms with Gasteiger partial charge in [0.15, 0.2) is 0 Å². The topological polar surface area (TPSA) is 101 Å². The van der Waals surface area contributed by atoms with Gasteiger partial charge in [-0.2, -0.15) is 0 Å². The Kier molecular flexibility index (Phi) is 4.20. The van der Waals surface area contributed by atoms with Crippen molar-refractivity contribution in [2.75, 3.05) is 0 Å². The first-order valence-corrected chi connectivity index (χ1v) is 4.83. The number of carboxylic acid groups (broad SMARTS) is 2. The summed E-state index contributed by atoms with van der Waals surface area (Å²) in [6.07, 6.45) is 0.485. The van der Waals surface area contributed by atoms with Crippen molar-refractivity contribution in [1.29, 1.82) is 0 Å². The largest absolute Gasteiger partial charge is 0.478 e. The third-order valence-electron chi connectivity index (χ3n) is 2.25. The molecule has 0 spiro atoms. The van der Waals surface area contributed by atoms with Gasteiger partial charge in [0, 0.05) is 0 Å². The average molecular weight is 250 g/mol. The highest BCUT2D eigenvalue weighted by Gasteiger charge is 2.18. The molecule has 0 saturated heterocycles. The lowest BCUT2D eigenvalue weighted by atomic mass is 10.0. The molecule has 0 fully saturated rings. The second-order valence-corrected chi connectivity index (χ2v) is 3.30. The molecule has 2 N–H and O–H groups in total. The van der Waals surface area contributed by atoms with Crippen LogP contribution in [0, 0.1) is 0 Å².